The zero-order valence-electron chi connectivity index (χ0n) is 17.0. The summed E-state index contributed by atoms with van der Waals surface area (Å²) in [4.78, 5) is 29.0. The number of hydrogen-bond acceptors (Lipinski definition) is 8. The number of morpholine rings is 1. The summed E-state index contributed by atoms with van der Waals surface area (Å²) in [7, 11) is 3.00. The molecule has 2 aromatic rings. The van der Waals surface area contributed by atoms with Crippen LogP contribution in [-0.2, 0) is 14.3 Å². The Hall–Kier alpha value is -3.37. The quantitative estimate of drug-likeness (QED) is 0.426. The summed E-state index contributed by atoms with van der Waals surface area (Å²) in [5.74, 6) is 0.794. The Morgan fingerprint density at radius 2 is 1.87 bits per heavy atom. The molecule has 0 bridgehead atoms. The molecule has 2 saturated heterocycles. The third kappa shape index (κ3) is 4.12. The van der Waals surface area contributed by atoms with Gasteiger partial charge in [0.15, 0.2) is 11.0 Å². The topological polar surface area (TPSA) is 93.5 Å². The van der Waals surface area contributed by atoms with Crippen molar-refractivity contribution in [2.45, 2.75) is 0 Å². The van der Waals surface area contributed by atoms with Crippen molar-refractivity contribution in [3.8, 4) is 11.5 Å². The molecule has 0 spiro atoms. The molecule has 3 heterocycles. The molecule has 2 fully saturated rings. The molecule has 2 amide bonds. The monoisotopic (exact) mass is 443 g/mol. The predicted octanol–water partition coefficient (Wildman–Crippen LogP) is 1.96. The number of ether oxygens (including phenoxy) is 3. The first-order chi connectivity index (χ1) is 15.0. The molecule has 1 aromatic carbocycles. The summed E-state index contributed by atoms with van der Waals surface area (Å²) in [5.41, 5.74) is 0.284. The third-order valence-electron chi connectivity index (χ3n) is 4.95. The van der Waals surface area contributed by atoms with E-state index in [0.29, 0.717) is 55.1 Å². The van der Waals surface area contributed by atoms with Crippen LogP contribution in [0.2, 0.25) is 0 Å². The molecule has 10 heteroatoms. The zero-order chi connectivity index (χ0) is 22.0. The van der Waals surface area contributed by atoms with Crippen molar-refractivity contribution >= 4 is 46.8 Å². The van der Waals surface area contributed by atoms with Gasteiger partial charge in [0, 0.05) is 25.2 Å². The Morgan fingerprint density at radius 1 is 1.10 bits per heavy atom. The third-order valence-corrected chi connectivity index (χ3v) is 5.24. The van der Waals surface area contributed by atoms with Gasteiger partial charge < -0.3 is 23.5 Å². The van der Waals surface area contributed by atoms with Crippen LogP contribution in [0.3, 0.4) is 0 Å². The van der Waals surface area contributed by atoms with Gasteiger partial charge in [-0.3, -0.25) is 14.9 Å². The van der Waals surface area contributed by atoms with Gasteiger partial charge >= 0.3 is 0 Å². The minimum Gasteiger partial charge on any atom is -0.497 e. The summed E-state index contributed by atoms with van der Waals surface area (Å²) >= 11 is 5.26. The van der Waals surface area contributed by atoms with Crippen LogP contribution in [0.5, 0.6) is 11.5 Å². The molecule has 4 rings (SSSR count). The number of benzene rings is 1. The number of hydrogen-bond donors (Lipinski definition) is 1. The second kappa shape index (κ2) is 8.78. The molecule has 1 aromatic heterocycles. The van der Waals surface area contributed by atoms with Crippen LogP contribution in [0.1, 0.15) is 5.76 Å². The first-order valence-electron chi connectivity index (χ1n) is 9.58. The summed E-state index contributed by atoms with van der Waals surface area (Å²) in [6.45, 7) is 2.66. The normalized spacial score (nSPS) is 18.4. The standard InChI is InChI=1S/C21H21N3O6S/c1-27-13-3-5-16(17(12-13)28-2)24-20(26)15(19(25)22-21(24)31)11-14-4-6-18(30-14)23-7-9-29-10-8-23/h3-6,11-12H,7-10H2,1-2H3,(H,22,25,31). The maximum atomic E-state index is 13.2. The lowest BCUT2D eigenvalue weighted by Gasteiger charge is -2.29. The molecule has 31 heavy (non-hydrogen) atoms. The summed E-state index contributed by atoms with van der Waals surface area (Å²) < 4.78 is 21.8. The van der Waals surface area contributed by atoms with E-state index in [0.717, 1.165) is 0 Å². The van der Waals surface area contributed by atoms with Gasteiger partial charge in [0.1, 0.15) is 22.8 Å². The number of amides is 2. The molecule has 162 valence electrons. The van der Waals surface area contributed by atoms with Crippen LogP contribution >= 0.6 is 12.2 Å². The van der Waals surface area contributed by atoms with Crippen molar-refractivity contribution in [1.82, 2.24) is 5.32 Å². The molecule has 9 nitrogen and oxygen atoms in total. The number of carbonyl (C=O) groups is 2. The van der Waals surface area contributed by atoms with Gasteiger partial charge in [-0.1, -0.05) is 0 Å². The fourth-order valence-corrected chi connectivity index (χ4v) is 3.64. The van der Waals surface area contributed by atoms with Crippen LogP contribution in [0, 0.1) is 0 Å². The number of nitrogens with zero attached hydrogens (tertiary/aromatic N) is 2. The van der Waals surface area contributed by atoms with E-state index < -0.39 is 11.8 Å². The summed E-state index contributed by atoms with van der Waals surface area (Å²) in [6.07, 6.45) is 1.41. The highest BCUT2D eigenvalue weighted by atomic mass is 32.1. The van der Waals surface area contributed by atoms with Crippen molar-refractivity contribution in [3.05, 3.63) is 41.7 Å². The molecule has 2 aliphatic heterocycles. The van der Waals surface area contributed by atoms with Crippen LogP contribution in [0.15, 0.2) is 40.3 Å². The average molecular weight is 443 g/mol. The van der Waals surface area contributed by atoms with Crippen molar-refractivity contribution in [2.75, 3.05) is 50.3 Å². The molecule has 0 unspecified atom stereocenters. The van der Waals surface area contributed by atoms with E-state index in [1.807, 2.05) is 4.90 Å². The molecule has 0 atom stereocenters. The van der Waals surface area contributed by atoms with Crippen molar-refractivity contribution in [2.24, 2.45) is 0 Å². The lowest BCUT2D eigenvalue weighted by Crippen LogP contribution is -2.54. The Labute approximate surface area is 184 Å². The highest BCUT2D eigenvalue weighted by molar-refractivity contribution is 7.80. The molecular formula is C21H21N3O6S. The summed E-state index contributed by atoms with van der Waals surface area (Å²) in [5, 5.41) is 2.51. The molecule has 0 aliphatic carbocycles. The van der Waals surface area contributed by atoms with Crippen molar-refractivity contribution in [1.29, 1.82) is 0 Å². The molecule has 0 saturated carbocycles. The van der Waals surface area contributed by atoms with Gasteiger partial charge in [-0.15, -0.1) is 0 Å². The second-order valence-corrected chi connectivity index (χ2v) is 7.16. The van der Waals surface area contributed by atoms with Gasteiger partial charge in [0.05, 0.1) is 33.1 Å². The van der Waals surface area contributed by atoms with Crippen molar-refractivity contribution in [3.63, 3.8) is 0 Å². The van der Waals surface area contributed by atoms with Crippen LogP contribution in [0.4, 0.5) is 11.6 Å². The van der Waals surface area contributed by atoms with E-state index in [9.17, 15) is 9.59 Å². The number of anilines is 2. The predicted molar refractivity (Wildman–Crippen MR) is 117 cm³/mol. The van der Waals surface area contributed by atoms with Gasteiger partial charge in [-0.25, -0.2) is 4.90 Å². The minimum absolute atomic E-state index is 0.0379. The Balaban J connectivity index is 1.65. The second-order valence-electron chi connectivity index (χ2n) is 6.77. The van der Waals surface area contributed by atoms with Gasteiger partial charge in [0.2, 0.25) is 0 Å². The number of rotatable bonds is 5. The Bertz CT molecular complexity index is 1060. The van der Waals surface area contributed by atoms with E-state index in [1.165, 1.54) is 25.2 Å². The van der Waals surface area contributed by atoms with Crippen LogP contribution < -0.4 is 24.6 Å². The Kier molecular flexibility index (Phi) is 5.92. The van der Waals surface area contributed by atoms with Crippen LogP contribution in [0.25, 0.3) is 6.08 Å². The van der Waals surface area contributed by atoms with Gasteiger partial charge in [-0.05, 0) is 36.5 Å². The SMILES string of the molecule is COc1ccc(N2C(=O)C(=Cc3ccc(N4CCOCC4)o3)C(=O)NC2=S)c(OC)c1. The fraction of sp³-hybridized carbons (Fsp3) is 0.286. The molecular weight excluding hydrogens is 422 g/mol. The number of thiocarbonyl (C=S) groups is 1. The molecule has 1 N–H and O–H groups in total. The van der Waals surface area contributed by atoms with Gasteiger partial charge in [-0.2, -0.15) is 0 Å². The number of nitrogens with one attached hydrogen (secondary N) is 1. The Morgan fingerprint density at radius 3 is 2.58 bits per heavy atom. The smallest absolute Gasteiger partial charge is 0.270 e. The van der Waals surface area contributed by atoms with Crippen LogP contribution in [-0.4, -0.2) is 57.4 Å². The number of carbonyl (C=O) groups excluding carboxylic acids is 2. The molecule has 2 aliphatic rings. The average Bonchev–Trinajstić information content (AvgIpc) is 3.26. The fourth-order valence-electron chi connectivity index (χ4n) is 3.36. The van der Waals surface area contributed by atoms with Gasteiger partial charge in [0.25, 0.3) is 11.8 Å². The molecule has 0 radical (unpaired) electrons. The van der Waals surface area contributed by atoms with E-state index in [4.69, 9.17) is 30.8 Å². The van der Waals surface area contributed by atoms with Crippen molar-refractivity contribution < 1.29 is 28.2 Å². The number of methoxy groups -OCH3 is 2. The van der Waals surface area contributed by atoms with E-state index in [2.05, 4.69) is 5.32 Å². The first-order valence-corrected chi connectivity index (χ1v) is 9.98. The maximum Gasteiger partial charge on any atom is 0.270 e. The van der Waals surface area contributed by atoms with E-state index >= 15 is 0 Å². The minimum atomic E-state index is -0.594. The lowest BCUT2D eigenvalue weighted by molar-refractivity contribution is -0.122. The largest absolute Gasteiger partial charge is 0.497 e. The first kappa shape index (κ1) is 20.9. The zero-order valence-corrected chi connectivity index (χ0v) is 17.9. The lowest BCUT2D eigenvalue weighted by atomic mass is 10.1. The highest BCUT2D eigenvalue weighted by Crippen LogP contribution is 2.34. The van der Waals surface area contributed by atoms with E-state index in [-0.39, 0.29) is 10.7 Å². The van der Waals surface area contributed by atoms with E-state index in [1.54, 1.807) is 30.3 Å². The maximum absolute atomic E-state index is 13.2. The summed E-state index contributed by atoms with van der Waals surface area (Å²) in [6, 6.07) is 8.46. The number of furan rings is 1. The highest BCUT2D eigenvalue weighted by Gasteiger charge is 2.36.